The molecule has 0 saturated carbocycles. The second-order valence-electron chi connectivity index (χ2n) is 8.20. The molecule has 2 atom stereocenters. The molecule has 0 amide bonds. The van der Waals surface area contributed by atoms with Crippen molar-refractivity contribution in [3.8, 4) is 0 Å². The van der Waals surface area contributed by atoms with Gasteiger partial charge in [-0.1, -0.05) is 13.3 Å². The van der Waals surface area contributed by atoms with Crippen molar-refractivity contribution in [1.29, 1.82) is 0 Å². The Morgan fingerprint density at radius 2 is 1.88 bits per heavy atom. The number of rotatable bonds is 6. The Morgan fingerprint density at radius 1 is 1.12 bits per heavy atom. The SMILES string of the molecule is CCNC(=NCC(C)CN1CCCCC1)N1CCC(N2CCOCC2)C1. The first-order chi connectivity index (χ1) is 12.8. The lowest BCUT2D eigenvalue weighted by atomic mass is 10.1. The van der Waals surface area contributed by atoms with Crippen molar-refractivity contribution < 1.29 is 4.74 Å². The van der Waals surface area contributed by atoms with Crippen LogP contribution in [0.1, 0.15) is 39.5 Å². The maximum atomic E-state index is 5.50. The Bertz CT molecular complexity index is 432. The van der Waals surface area contributed by atoms with E-state index < -0.39 is 0 Å². The first kappa shape index (κ1) is 19.9. The van der Waals surface area contributed by atoms with Crippen LogP contribution in [0, 0.1) is 5.92 Å². The van der Waals surface area contributed by atoms with Crippen LogP contribution >= 0.6 is 0 Å². The summed E-state index contributed by atoms with van der Waals surface area (Å²) in [7, 11) is 0. The number of aliphatic imine (C=N–C) groups is 1. The Morgan fingerprint density at radius 3 is 2.62 bits per heavy atom. The molecule has 1 N–H and O–H groups in total. The number of hydrogen-bond acceptors (Lipinski definition) is 4. The Labute approximate surface area is 159 Å². The van der Waals surface area contributed by atoms with Gasteiger partial charge >= 0.3 is 0 Å². The van der Waals surface area contributed by atoms with Crippen LogP contribution < -0.4 is 5.32 Å². The highest BCUT2D eigenvalue weighted by Gasteiger charge is 2.30. The molecule has 0 bridgehead atoms. The van der Waals surface area contributed by atoms with Crippen molar-refractivity contribution in [3.63, 3.8) is 0 Å². The van der Waals surface area contributed by atoms with E-state index >= 15 is 0 Å². The lowest BCUT2D eigenvalue weighted by molar-refractivity contribution is 0.0195. The molecule has 0 aromatic heterocycles. The molecule has 0 radical (unpaired) electrons. The van der Waals surface area contributed by atoms with Crippen molar-refractivity contribution in [2.24, 2.45) is 10.9 Å². The van der Waals surface area contributed by atoms with E-state index in [2.05, 4.69) is 33.9 Å². The zero-order chi connectivity index (χ0) is 18.2. The molecule has 3 aliphatic rings. The van der Waals surface area contributed by atoms with E-state index in [1.807, 2.05) is 0 Å². The molecule has 3 aliphatic heterocycles. The van der Waals surface area contributed by atoms with Crippen molar-refractivity contribution >= 4 is 5.96 Å². The molecule has 0 aromatic rings. The van der Waals surface area contributed by atoms with Crippen LogP contribution in [0.25, 0.3) is 0 Å². The molecule has 6 heteroatoms. The van der Waals surface area contributed by atoms with Crippen LogP contribution in [0.2, 0.25) is 0 Å². The van der Waals surface area contributed by atoms with Gasteiger partial charge in [0.1, 0.15) is 0 Å². The van der Waals surface area contributed by atoms with Crippen molar-refractivity contribution in [2.45, 2.75) is 45.6 Å². The first-order valence-electron chi connectivity index (χ1n) is 10.8. The third-order valence-electron chi connectivity index (χ3n) is 5.93. The third kappa shape index (κ3) is 5.83. The van der Waals surface area contributed by atoms with E-state index in [0.29, 0.717) is 12.0 Å². The quantitative estimate of drug-likeness (QED) is 0.571. The average Bonchev–Trinajstić information content (AvgIpc) is 3.17. The normalized spacial score (nSPS) is 27.7. The predicted molar refractivity (Wildman–Crippen MR) is 108 cm³/mol. The molecule has 0 spiro atoms. The Kier molecular flexibility index (Phi) is 8.02. The van der Waals surface area contributed by atoms with Crippen molar-refractivity contribution in [2.75, 3.05) is 72.1 Å². The van der Waals surface area contributed by atoms with Gasteiger partial charge in [0.2, 0.25) is 0 Å². The van der Waals surface area contributed by atoms with E-state index in [1.165, 1.54) is 45.3 Å². The van der Waals surface area contributed by atoms with E-state index in [0.717, 1.165) is 58.4 Å². The molecule has 3 heterocycles. The summed E-state index contributed by atoms with van der Waals surface area (Å²) in [6.07, 6.45) is 5.39. The fraction of sp³-hybridized carbons (Fsp3) is 0.950. The van der Waals surface area contributed by atoms with Crippen LogP contribution in [0.4, 0.5) is 0 Å². The third-order valence-corrected chi connectivity index (χ3v) is 5.93. The zero-order valence-corrected chi connectivity index (χ0v) is 17.0. The van der Waals surface area contributed by atoms with Gasteiger partial charge in [0, 0.05) is 51.9 Å². The second kappa shape index (κ2) is 10.5. The van der Waals surface area contributed by atoms with E-state index in [9.17, 15) is 0 Å². The zero-order valence-electron chi connectivity index (χ0n) is 17.0. The summed E-state index contributed by atoms with van der Waals surface area (Å²) < 4.78 is 5.50. The molecular formula is C20H39N5O. The minimum absolute atomic E-state index is 0.624. The summed E-state index contributed by atoms with van der Waals surface area (Å²) in [6.45, 7) is 16.3. The van der Waals surface area contributed by atoms with E-state index in [-0.39, 0.29) is 0 Å². The van der Waals surface area contributed by atoms with Crippen molar-refractivity contribution in [3.05, 3.63) is 0 Å². The van der Waals surface area contributed by atoms with Gasteiger partial charge in [-0.3, -0.25) is 9.89 Å². The standard InChI is InChI=1S/C20H39N5O/c1-3-21-20(22-15-18(2)16-23-8-5-4-6-9-23)25-10-7-19(17-25)24-11-13-26-14-12-24/h18-19H,3-17H2,1-2H3,(H,21,22). The minimum atomic E-state index is 0.624. The maximum Gasteiger partial charge on any atom is 0.193 e. The molecule has 2 unspecified atom stereocenters. The highest BCUT2D eigenvalue weighted by molar-refractivity contribution is 5.80. The maximum absolute atomic E-state index is 5.50. The minimum Gasteiger partial charge on any atom is -0.379 e. The molecule has 150 valence electrons. The van der Waals surface area contributed by atoms with Gasteiger partial charge in [0.05, 0.1) is 13.2 Å². The molecule has 6 nitrogen and oxygen atoms in total. The van der Waals surface area contributed by atoms with Crippen LogP contribution in [0.15, 0.2) is 4.99 Å². The fourth-order valence-electron chi connectivity index (χ4n) is 4.48. The van der Waals surface area contributed by atoms with E-state index in [1.54, 1.807) is 0 Å². The van der Waals surface area contributed by atoms with Gasteiger partial charge in [0.25, 0.3) is 0 Å². The smallest absolute Gasteiger partial charge is 0.193 e. The van der Waals surface area contributed by atoms with Gasteiger partial charge in [-0.15, -0.1) is 0 Å². The largest absolute Gasteiger partial charge is 0.379 e. The van der Waals surface area contributed by atoms with Crippen LogP contribution in [-0.4, -0.2) is 98.8 Å². The number of nitrogens with zero attached hydrogens (tertiary/aromatic N) is 4. The van der Waals surface area contributed by atoms with Crippen LogP contribution in [0.5, 0.6) is 0 Å². The number of piperidine rings is 1. The number of hydrogen-bond donors (Lipinski definition) is 1. The summed E-state index contributed by atoms with van der Waals surface area (Å²) >= 11 is 0. The number of ether oxygens (including phenoxy) is 1. The molecular weight excluding hydrogens is 326 g/mol. The van der Waals surface area contributed by atoms with E-state index in [4.69, 9.17) is 9.73 Å². The highest BCUT2D eigenvalue weighted by Crippen LogP contribution is 2.17. The van der Waals surface area contributed by atoms with Gasteiger partial charge in [0.15, 0.2) is 5.96 Å². The highest BCUT2D eigenvalue weighted by atomic mass is 16.5. The summed E-state index contributed by atoms with van der Waals surface area (Å²) in [6, 6.07) is 0.661. The number of morpholine rings is 1. The van der Waals surface area contributed by atoms with Crippen LogP contribution in [-0.2, 0) is 4.74 Å². The Hall–Kier alpha value is -0.850. The fourth-order valence-corrected chi connectivity index (χ4v) is 4.48. The summed E-state index contributed by atoms with van der Waals surface area (Å²) in [4.78, 5) is 12.7. The summed E-state index contributed by atoms with van der Waals surface area (Å²) in [5.41, 5.74) is 0. The monoisotopic (exact) mass is 365 g/mol. The van der Waals surface area contributed by atoms with Gasteiger partial charge in [-0.05, 0) is 45.2 Å². The van der Waals surface area contributed by atoms with Crippen LogP contribution in [0.3, 0.4) is 0 Å². The molecule has 0 aliphatic carbocycles. The second-order valence-corrected chi connectivity index (χ2v) is 8.20. The lowest BCUT2D eigenvalue weighted by Crippen LogP contribution is -2.46. The van der Waals surface area contributed by atoms with Crippen molar-refractivity contribution in [1.82, 2.24) is 20.0 Å². The molecule has 3 fully saturated rings. The first-order valence-corrected chi connectivity index (χ1v) is 10.8. The molecule has 3 saturated heterocycles. The number of guanidine groups is 1. The topological polar surface area (TPSA) is 43.3 Å². The molecule has 26 heavy (non-hydrogen) atoms. The summed E-state index contributed by atoms with van der Waals surface area (Å²) in [5, 5.41) is 3.53. The number of nitrogens with one attached hydrogen (secondary N) is 1. The lowest BCUT2D eigenvalue weighted by Gasteiger charge is -2.32. The molecule has 3 rings (SSSR count). The molecule has 0 aromatic carbocycles. The van der Waals surface area contributed by atoms with Gasteiger partial charge in [-0.2, -0.15) is 0 Å². The average molecular weight is 366 g/mol. The Balaban J connectivity index is 1.48. The predicted octanol–water partition coefficient (Wildman–Crippen LogP) is 1.48. The number of likely N-dealkylation sites (tertiary alicyclic amines) is 2. The van der Waals surface area contributed by atoms with Gasteiger partial charge in [-0.25, -0.2) is 0 Å². The summed E-state index contributed by atoms with van der Waals surface area (Å²) in [5.74, 6) is 1.74. The van der Waals surface area contributed by atoms with Gasteiger partial charge < -0.3 is 19.9 Å².